The number of nitrogens with zero attached hydrogens (tertiary/aromatic N) is 2. The van der Waals surface area contributed by atoms with Gasteiger partial charge in [-0.05, 0) is 33.6 Å². The van der Waals surface area contributed by atoms with E-state index in [1.165, 1.54) is 5.56 Å². The van der Waals surface area contributed by atoms with Crippen LogP contribution in [-0.4, -0.2) is 29.0 Å². The third-order valence-corrected chi connectivity index (χ3v) is 4.29. The van der Waals surface area contributed by atoms with Crippen molar-refractivity contribution in [2.75, 3.05) is 13.1 Å². The third-order valence-electron chi connectivity index (χ3n) is 3.82. The number of pyridine rings is 1. The molecule has 2 atom stereocenters. The minimum atomic E-state index is 0.160. The van der Waals surface area contributed by atoms with E-state index in [0.717, 1.165) is 29.8 Å². The highest BCUT2D eigenvalue weighted by Gasteiger charge is 2.31. The summed E-state index contributed by atoms with van der Waals surface area (Å²) in [6.45, 7) is 2.86. The minimum Gasteiger partial charge on any atom is -0.326 e. The molecule has 0 spiro atoms. The van der Waals surface area contributed by atoms with Crippen molar-refractivity contribution in [2.24, 2.45) is 5.73 Å². The fourth-order valence-electron chi connectivity index (χ4n) is 2.80. The molecule has 1 saturated heterocycles. The molecule has 0 amide bonds. The second-order valence-electron chi connectivity index (χ2n) is 5.35. The van der Waals surface area contributed by atoms with Crippen LogP contribution in [0, 0.1) is 0 Å². The number of nitrogens with two attached hydrogens (primary N) is 1. The van der Waals surface area contributed by atoms with Gasteiger partial charge in [-0.2, -0.15) is 0 Å². The molecule has 104 valence electrons. The standard InChI is InChI=1S/C16H18BrN3/c17-13-6-7-16(19-8-13)14-10-20(11-15(14)18)9-12-4-2-1-3-5-12/h1-8,14-15H,9-11,18H2. The van der Waals surface area contributed by atoms with Gasteiger partial charge < -0.3 is 5.73 Å². The molecule has 0 bridgehead atoms. The van der Waals surface area contributed by atoms with Gasteiger partial charge in [0, 0.05) is 48.0 Å². The summed E-state index contributed by atoms with van der Waals surface area (Å²) in [6.07, 6.45) is 1.85. The van der Waals surface area contributed by atoms with Gasteiger partial charge in [-0.1, -0.05) is 30.3 Å². The number of halogens is 1. The highest BCUT2D eigenvalue weighted by atomic mass is 79.9. The summed E-state index contributed by atoms with van der Waals surface area (Å²) in [5.74, 6) is 0.326. The summed E-state index contributed by atoms with van der Waals surface area (Å²) in [5.41, 5.74) is 8.73. The van der Waals surface area contributed by atoms with Gasteiger partial charge in [0.2, 0.25) is 0 Å². The lowest BCUT2D eigenvalue weighted by atomic mass is 10.00. The van der Waals surface area contributed by atoms with Crippen molar-refractivity contribution in [2.45, 2.75) is 18.5 Å². The molecule has 0 radical (unpaired) electrons. The summed E-state index contributed by atoms with van der Waals surface area (Å²) >= 11 is 3.42. The number of hydrogen-bond acceptors (Lipinski definition) is 3. The molecule has 2 heterocycles. The zero-order valence-electron chi connectivity index (χ0n) is 11.2. The minimum absolute atomic E-state index is 0.160. The molecule has 0 saturated carbocycles. The Hall–Kier alpha value is -1.23. The van der Waals surface area contributed by atoms with Crippen molar-refractivity contribution in [1.82, 2.24) is 9.88 Å². The Kier molecular flexibility index (Phi) is 4.15. The van der Waals surface area contributed by atoms with Crippen molar-refractivity contribution in [1.29, 1.82) is 0 Å². The molecule has 1 aromatic heterocycles. The van der Waals surface area contributed by atoms with Crippen LogP contribution in [0.1, 0.15) is 17.2 Å². The fraction of sp³-hybridized carbons (Fsp3) is 0.312. The summed E-state index contributed by atoms with van der Waals surface area (Å²) in [7, 11) is 0. The van der Waals surface area contributed by atoms with Crippen LogP contribution < -0.4 is 5.73 Å². The van der Waals surface area contributed by atoms with Crippen molar-refractivity contribution in [3.8, 4) is 0 Å². The van der Waals surface area contributed by atoms with Gasteiger partial charge in [0.25, 0.3) is 0 Å². The first kappa shape index (κ1) is 13.7. The average Bonchev–Trinajstić information content (AvgIpc) is 2.81. The van der Waals surface area contributed by atoms with E-state index in [1.54, 1.807) is 0 Å². The van der Waals surface area contributed by atoms with Gasteiger partial charge in [0.15, 0.2) is 0 Å². The molecule has 3 rings (SSSR count). The quantitative estimate of drug-likeness (QED) is 0.940. The Morgan fingerprint density at radius 2 is 1.95 bits per heavy atom. The van der Waals surface area contributed by atoms with Gasteiger partial charge in [-0.3, -0.25) is 9.88 Å². The first-order valence-electron chi connectivity index (χ1n) is 6.85. The molecule has 3 nitrogen and oxygen atoms in total. The van der Waals surface area contributed by atoms with Crippen LogP contribution in [0.15, 0.2) is 53.1 Å². The van der Waals surface area contributed by atoms with Gasteiger partial charge in [-0.15, -0.1) is 0 Å². The molecule has 2 N–H and O–H groups in total. The van der Waals surface area contributed by atoms with Gasteiger partial charge in [-0.25, -0.2) is 0 Å². The Labute approximate surface area is 127 Å². The van der Waals surface area contributed by atoms with E-state index < -0.39 is 0 Å². The zero-order valence-corrected chi connectivity index (χ0v) is 12.8. The lowest BCUT2D eigenvalue weighted by Crippen LogP contribution is -2.28. The van der Waals surface area contributed by atoms with Crippen LogP contribution in [0.5, 0.6) is 0 Å². The Bertz CT molecular complexity index is 556. The Morgan fingerprint density at radius 3 is 2.65 bits per heavy atom. The van der Waals surface area contributed by atoms with E-state index >= 15 is 0 Å². The van der Waals surface area contributed by atoms with Crippen molar-refractivity contribution >= 4 is 15.9 Å². The van der Waals surface area contributed by atoms with E-state index in [4.69, 9.17) is 5.73 Å². The molecule has 1 aromatic carbocycles. The normalized spacial score (nSPS) is 23.1. The smallest absolute Gasteiger partial charge is 0.0464 e. The van der Waals surface area contributed by atoms with E-state index in [0.29, 0.717) is 5.92 Å². The second kappa shape index (κ2) is 6.04. The second-order valence-corrected chi connectivity index (χ2v) is 6.27. The lowest BCUT2D eigenvalue weighted by molar-refractivity contribution is 0.323. The van der Waals surface area contributed by atoms with Crippen LogP contribution >= 0.6 is 15.9 Å². The predicted octanol–water partition coefficient (Wildman–Crippen LogP) is 2.77. The van der Waals surface area contributed by atoms with Crippen LogP contribution in [0.3, 0.4) is 0 Å². The van der Waals surface area contributed by atoms with E-state index in [-0.39, 0.29) is 6.04 Å². The SMILES string of the molecule is NC1CN(Cc2ccccc2)CC1c1ccc(Br)cn1. The monoisotopic (exact) mass is 331 g/mol. The van der Waals surface area contributed by atoms with Crippen LogP contribution in [0.4, 0.5) is 0 Å². The van der Waals surface area contributed by atoms with Crippen molar-refractivity contribution in [3.63, 3.8) is 0 Å². The lowest BCUT2D eigenvalue weighted by Gasteiger charge is -2.15. The van der Waals surface area contributed by atoms with Crippen molar-refractivity contribution < 1.29 is 0 Å². The highest BCUT2D eigenvalue weighted by molar-refractivity contribution is 9.10. The number of rotatable bonds is 3. The number of hydrogen-bond donors (Lipinski definition) is 1. The highest BCUT2D eigenvalue weighted by Crippen LogP contribution is 2.26. The number of benzene rings is 1. The van der Waals surface area contributed by atoms with Gasteiger partial charge in [0.05, 0.1) is 0 Å². The first-order valence-corrected chi connectivity index (χ1v) is 7.65. The van der Waals surface area contributed by atoms with E-state index in [9.17, 15) is 0 Å². The Morgan fingerprint density at radius 1 is 1.15 bits per heavy atom. The molecule has 4 heteroatoms. The van der Waals surface area contributed by atoms with E-state index in [1.807, 2.05) is 18.3 Å². The van der Waals surface area contributed by atoms with Crippen molar-refractivity contribution in [3.05, 3.63) is 64.4 Å². The maximum Gasteiger partial charge on any atom is 0.0464 e. The molecular weight excluding hydrogens is 314 g/mol. The fourth-order valence-corrected chi connectivity index (χ4v) is 3.04. The average molecular weight is 332 g/mol. The first-order chi connectivity index (χ1) is 9.72. The predicted molar refractivity (Wildman–Crippen MR) is 84.4 cm³/mol. The maximum absolute atomic E-state index is 6.30. The summed E-state index contributed by atoms with van der Waals surface area (Å²) in [5, 5.41) is 0. The summed E-state index contributed by atoms with van der Waals surface area (Å²) < 4.78 is 1.01. The summed E-state index contributed by atoms with van der Waals surface area (Å²) in [6, 6.07) is 14.8. The molecule has 20 heavy (non-hydrogen) atoms. The van der Waals surface area contributed by atoms with E-state index in [2.05, 4.69) is 56.1 Å². The molecule has 2 unspecified atom stereocenters. The summed E-state index contributed by atoms with van der Waals surface area (Å²) in [4.78, 5) is 6.91. The largest absolute Gasteiger partial charge is 0.326 e. The number of likely N-dealkylation sites (tertiary alicyclic amines) is 1. The molecular formula is C16H18BrN3. The molecule has 1 aliphatic rings. The molecule has 2 aromatic rings. The topological polar surface area (TPSA) is 42.1 Å². The molecule has 1 fully saturated rings. The van der Waals surface area contributed by atoms with Crippen LogP contribution in [0.25, 0.3) is 0 Å². The number of aromatic nitrogens is 1. The van der Waals surface area contributed by atoms with Gasteiger partial charge in [0.1, 0.15) is 0 Å². The maximum atomic E-state index is 6.30. The third kappa shape index (κ3) is 3.08. The molecule has 0 aliphatic carbocycles. The Balaban J connectivity index is 1.69. The zero-order chi connectivity index (χ0) is 13.9. The van der Waals surface area contributed by atoms with Crippen LogP contribution in [0.2, 0.25) is 0 Å². The van der Waals surface area contributed by atoms with Gasteiger partial charge >= 0.3 is 0 Å². The van der Waals surface area contributed by atoms with Crippen LogP contribution in [-0.2, 0) is 6.54 Å². The molecule has 1 aliphatic heterocycles.